The van der Waals surface area contributed by atoms with Crippen LogP contribution in [-0.4, -0.2) is 27.9 Å². The summed E-state index contributed by atoms with van der Waals surface area (Å²) in [6.45, 7) is 2.29. The molecule has 1 N–H and O–H groups in total. The van der Waals surface area contributed by atoms with E-state index in [0.29, 0.717) is 12.1 Å². The van der Waals surface area contributed by atoms with Crippen molar-refractivity contribution in [2.45, 2.75) is 13.5 Å². The molecule has 0 unspecified atom stereocenters. The number of amides is 2. The summed E-state index contributed by atoms with van der Waals surface area (Å²) >= 11 is 0. The van der Waals surface area contributed by atoms with Gasteiger partial charge in [0.2, 0.25) is 5.91 Å². The smallest absolute Gasteiger partial charge is 0.259 e. The summed E-state index contributed by atoms with van der Waals surface area (Å²) in [5, 5.41) is 4.88. The van der Waals surface area contributed by atoms with Crippen LogP contribution in [0.5, 0.6) is 0 Å². The van der Waals surface area contributed by atoms with Crippen molar-refractivity contribution in [1.82, 2.24) is 14.9 Å². The fourth-order valence-electron chi connectivity index (χ4n) is 4.06. The zero-order valence-corrected chi connectivity index (χ0v) is 16.5. The molecule has 1 aliphatic rings. The highest BCUT2D eigenvalue weighted by Gasteiger charge is 2.30. The topological polar surface area (TPSA) is 67.2 Å². The third-order valence-corrected chi connectivity index (χ3v) is 5.50. The number of nitrogens with one attached hydrogen (secondary N) is 1. The van der Waals surface area contributed by atoms with Gasteiger partial charge in [-0.3, -0.25) is 14.5 Å². The lowest BCUT2D eigenvalue weighted by molar-refractivity contribution is -0.119. The van der Waals surface area contributed by atoms with Crippen molar-refractivity contribution in [3.05, 3.63) is 90.0 Å². The maximum absolute atomic E-state index is 12.9. The van der Waals surface area contributed by atoms with Crippen molar-refractivity contribution in [3.8, 4) is 5.69 Å². The first-order valence-corrected chi connectivity index (χ1v) is 9.82. The Labute approximate surface area is 173 Å². The first-order valence-electron chi connectivity index (χ1n) is 9.82. The third-order valence-electron chi connectivity index (χ3n) is 5.50. The van der Waals surface area contributed by atoms with Gasteiger partial charge >= 0.3 is 0 Å². The Morgan fingerprint density at radius 1 is 1.00 bits per heavy atom. The van der Waals surface area contributed by atoms with Gasteiger partial charge in [0.1, 0.15) is 12.4 Å². The fraction of sp³-hybridized carbons (Fsp3) is 0.125. The van der Waals surface area contributed by atoms with Crippen LogP contribution in [0, 0.1) is 6.92 Å². The van der Waals surface area contributed by atoms with E-state index in [2.05, 4.69) is 10.3 Å². The van der Waals surface area contributed by atoms with Crippen molar-refractivity contribution in [2.75, 3.05) is 11.4 Å². The Balaban J connectivity index is 1.34. The van der Waals surface area contributed by atoms with Crippen molar-refractivity contribution < 1.29 is 9.59 Å². The summed E-state index contributed by atoms with van der Waals surface area (Å²) in [5.74, 6) is 0.541. The van der Waals surface area contributed by atoms with Crippen LogP contribution in [0.25, 0.3) is 16.5 Å². The minimum absolute atomic E-state index is 0.0150. The van der Waals surface area contributed by atoms with E-state index < -0.39 is 0 Å². The van der Waals surface area contributed by atoms with E-state index in [4.69, 9.17) is 0 Å². The van der Waals surface area contributed by atoms with Crippen LogP contribution >= 0.6 is 0 Å². The Hall–Kier alpha value is -3.93. The van der Waals surface area contributed by atoms with Gasteiger partial charge in [-0.1, -0.05) is 42.5 Å². The molecular formula is C24H20N4O2. The molecule has 6 nitrogen and oxygen atoms in total. The Morgan fingerprint density at radius 2 is 1.77 bits per heavy atom. The molecular weight excluding hydrogens is 376 g/mol. The van der Waals surface area contributed by atoms with Crippen LogP contribution in [0.3, 0.4) is 0 Å². The number of imidazole rings is 1. The summed E-state index contributed by atoms with van der Waals surface area (Å²) in [6.07, 6.45) is 3.65. The van der Waals surface area contributed by atoms with E-state index in [1.807, 2.05) is 78.4 Å². The van der Waals surface area contributed by atoms with Crippen LogP contribution < -0.4 is 10.2 Å². The molecule has 0 aliphatic carbocycles. The Morgan fingerprint density at radius 3 is 2.57 bits per heavy atom. The number of nitrogens with zero attached hydrogens (tertiary/aromatic N) is 3. The lowest BCUT2D eigenvalue weighted by Gasteiger charge is -2.18. The minimum Gasteiger partial charge on any atom is -0.350 e. The van der Waals surface area contributed by atoms with Crippen molar-refractivity contribution >= 4 is 28.3 Å². The van der Waals surface area contributed by atoms with Gasteiger partial charge in [0, 0.05) is 29.9 Å². The fourth-order valence-corrected chi connectivity index (χ4v) is 4.06. The molecule has 1 aromatic heterocycles. The van der Waals surface area contributed by atoms with Crippen LogP contribution in [0.2, 0.25) is 0 Å². The van der Waals surface area contributed by atoms with E-state index in [0.717, 1.165) is 33.5 Å². The number of aromatic nitrogens is 2. The summed E-state index contributed by atoms with van der Waals surface area (Å²) in [6, 6.07) is 19.3. The molecule has 2 heterocycles. The quantitative estimate of drug-likeness (QED) is 0.560. The molecule has 0 saturated heterocycles. The van der Waals surface area contributed by atoms with E-state index in [-0.39, 0.29) is 18.4 Å². The lowest BCUT2D eigenvalue weighted by atomic mass is 10.1. The number of hydrogen-bond acceptors (Lipinski definition) is 3. The van der Waals surface area contributed by atoms with E-state index in [9.17, 15) is 9.59 Å². The van der Waals surface area contributed by atoms with Crippen LogP contribution in [0.15, 0.2) is 73.1 Å². The molecule has 0 saturated carbocycles. The average Bonchev–Trinajstić information content (AvgIpc) is 3.31. The highest BCUT2D eigenvalue weighted by atomic mass is 16.2. The largest absolute Gasteiger partial charge is 0.350 e. The summed E-state index contributed by atoms with van der Waals surface area (Å²) < 4.78 is 1.99. The molecule has 0 radical (unpaired) electrons. The molecule has 6 heteroatoms. The number of carbonyl (C=O) groups is 2. The van der Waals surface area contributed by atoms with Crippen molar-refractivity contribution in [2.24, 2.45) is 0 Å². The second-order valence-electron chi connectivity index (χ2n) is 7.32. The number of hydrogen-bond donors (Lipinski definition) is 1. The third kappa shape index (κ3) is 2.93. The molecule has 1 aliphatic heterocycles. The van der Waals surface area contributed by atoms with Gasteiger partial charge in [-0.2, -0.15) is 0 Å². The first-order chi connectivity index (χ1) is 14.6. The highest BCUT2D eigenvalue weighted by Crippen LogP contribution is 2.36. The number of benzene rings is 3. The Bertz CT molecular complexity index is 1290. The molecule has 0 atom stereocenters. The number of rotatable bonds is 5. The predicted molar refractivity (Wildman–Crippen MR) is 116 cm³/mol. The van der Waals surface area contributed by atoms with E-state index in [1.54, 1.807) is 11.1 Å². The monoisotopic (exact) mass is 396 g/mol. The normalized spacial score (nSPS) is 12.6. The zero-order chi connectivity index (χ0) is 20.7. The van der Waals surface area contributed by atoms with Gasteiger partial charge in [-0.05, 0) is 36.1 Å². The SMILES string of the molecule is Cc1nccn1-c1ccccc1CNC(=O)CN1C(=O)c2cccc3cccc1c23. The molecule has 0 spiro atoms. The molecule has 4 aromatic rings. The molecule has 3 aromatic carbocycles. The standard InChI is InChI=1S/C24H20N4O2/c1-16-25-12-13-27(16)20-10-3-2-6-18(20)14-26-22(29)15-28-21-11-5-8-17-7-4-9-19(23(17)21)24(28)30/h2-13H,14-15H2,1H3,(H,26,29). The molecule has 5 rings (SSSR count). The van der Waals surface area contributed by atoms with Gasteiger partial charge in [0.15, 0.2) is 0 Å². The molecule has 2 amide bonds. The molecule has 0 bridgehead atoms. The summed E-state index contributed by atoms with van der Waals surface area (Å²) in [5.41, 5.74) is 3.39. The molecule has 30 heavy (non-hydrogen) atoms. The highest BCUT2D eigenvalue weighted by molar-refractivity contribution is 6.26. The maximum Gasteiger partial charge on any atom is 0.259 e. The van der Waals surface area contributed by atoms with Gasteiger partial charge in [0.05, 0.1) is 11.4 Å². The number of para-hydroxylation sites is 1. The average molecular weight is 396 g/mol. The Kier molecular flexibility index (Phi) is 4.32. The zero-order valence-electron chi connectivity index (χ0n) is 16.5. The molecule has 148 valence electrons. The number of aryl methyl sites for hydroxylation is 1. The van der Waals surface area contributed by atoms with Gasteiger partial charge in [0.25, 0.3) is 5.91 Å². The summed E-state index contributed by atoms with van der Waals surface area (Å²) in [7, 11) is 0. The van der Waals surface area contributed by atoms with E-state index in [1.165, 1.54) is 0 Å². The predicted octanol–water partition coefficient (Wildman–Crippen LogP) is 3.61. The second kappa shape index (κ2) is 7.15. The summed E-state index contributed by atoms with van der Waals surface area (Å²) in [4.78, 5) is 31.4. The first kappa shape index (κ1) is 18.1. The lowest BCUT2D eigenvalue weighted by Crippen LogP contribution is -2.38. The van der Waals surface area contributed by atoms with E-state index >= 15 is 0 Å². The minimum atomic E-state index is -0.203. The number of anilines is 1. The van der Waals surface area contributed by atoms with Crippen LogP contribution in [0.4, 0.5) is 5.69 Å². The maximum atomic E-state index is 12.9. The van der Waals surface area contributed by atoms with Gasteiger partial charge < -0.3 is 9.88 Å². The second-order valence-corrected chi connectivity index (χ2v) is 7.32. The van der Waals surface area contributed by atoms with Gasteiger partial charge in [-0.25, -0.2) is 4.98 Å². The number of carbonyl (C=O) groups excluding carboxylic acids is 2. The van der Waals surface area contributed by atoms with Crippen LogP contribution in [-0.2, 0) is 11.3 Å². The van der Waals surface area contributed by atoms with Crippen molar-refractivity contribution in [3.63, 3.8) is 0 Å². The van der Waals surface area contributed by atoms with Crippen LogP contribution in [0.1, 0.15) is 21.7 Å². The van der Waals surface area contributed by atoms with Gasteiger partial charge in [-0.15, -0.1) is 0 Å². The molecule has 0 fully saturated rings. The van der Waals surface area contributed by atoms with Crippen molar-refractivity contribution in [1.29, 1.82) is 0 Å².